The van der Waals surface area contributed by atoms with Gasteiger partial charge in [0.25, 0.3) is 0 Å². The lowest BCUT2D eigenvalue weighted by Gasteiger charge is -2.35. The van der Waals surface area contributed by atoms with Crippen LogP contribution in [0.5, 0.6) is 0 Å². The molecule has 0 aromatic heterocycles. The fraction of sp³-hybridized carbons (Fsp3) is 0.929. The topological polar surface area (TPSA) is 92.5 Å². The molecule has 1 amide bonds. The summed E-state index contributed by atoms with van der Waals surface area (Å²) in [7, 11) is -3.17. The number of amides is 1. The van der Waals surface area contributed by atoms with Gasteiger partial charge in [0.1, 0.15) is 0 Å². The number of hydrogen-bond acceptors (Lipinski definition) is 4. The number of hydrogen-bond donors (Lipinski definition) is 2. The molecule has 1 aliphatic heterocycles. The average Bonchev–Trinajstić information content (AvgIpc) is 2.41. The van der Waals surface area contributed by atoms with E-state index in [9.17, 15) is 13.2 Å². The third-order valence-corrected chi connectivity index (χ3v) is 4.55. The quantitative estimate of drug-likeness (QED) is 0.710. The van der Waals surface area contributed by atoms with Crippen LogP contribution in [0.1, 0.15) is 33.1 Å². The predicted octanol–water partition coefficient (Wildman–Crippen LogP) is 0.395. The van der Waals surface area contributed by atoms with Gasteiger partial charge in [-0.05, 0) is 31.1 Å². The minimum Gasteiger partial charge on any atom is -0.342 e. The molecule has 1 heterocycles. The molecule has 7 heteroatoms. The lowest BCUT2D eigenvalue weighted by molar-refractivity contribution is -0.137. The summed E-state index contributed by atoms with van der Waals surface area (Å²) in [5.41, 5.74) is 5.74. The highest BCUT2D eigenvalue weighted by Gasteiger charge is 2.28. The maximum Gasteiger partial charge on any atom is 0.226 e. The fourth-order valence-corrected chi connectivity index (χ4v) is 3.36. The largest absolute Gasteiger partial charge is 0.342 e. The summed E-state index contributed by atoms with van der Waals surface area (Å²) in [6.45, 7) is 6.33. The molecule has 2 unspecified atom stereocenters. The van der Waals surface area contributed by atoms with E-state index >= 15 is 0 Å². The van der Waals surface area contributed by atoms with Crippen LogP contribution in [0.4, 0.5) is 0 Å². The highest BCUT2D eigenvalue weighted by Crippen LogP contribution is 2.20. The van der Waals surface area contributed by atoms with E-state index in [1.54, 1.807) is 0 Å². The summed E-state index contributed by atoms with van der Waals surface area (Å²) in [4.78, 5) is 14.4. The monoisotopic (exact) mass is 319 g/mol. The Morgan fingerprint density at radius 3 is 2.62 bits per heavy atom. The Kier molecular flexibility index (Phi) is 7.09. The second kappa shape index (κ2) is 8.10. The van der Waals surface area contributed by atoms with Gasteiger partial charge < -0.3 is 10.6 Å². The predicted molar refractivity (Wildman–Crippen MR) is 84.1 cm³/mol. The Bertz CT molecular complexity index is 437. The second-order valence-electron chi connectivity index (χ2n) is 6.48. The van der Waals surface area contributed by atoms with Gasteiger partial charge in [-0.2, -0.15) is 0 Å². The Labute approximate surface area is 128 Å². The fourth-order valence-electron chi connectivity index (χ4n) is 2.83. The van der Waals surface area contributed by atoms with Crippen LogP contribution in [0, 0.1) is 17.8 Å². The van der Waals surface area contributed by atoms with E-state index in [2.05, 4.69) is 18.6 Å². The lowest BCUT2D eigenvalue weighted by atomic mass is 9.93. The van der Waals surface area contributed by atoms with E-state index in [1.165, 1.54) is 0 Å². The van der Waals surface area contributed by atoms with Crippen molar-refractivity contribution >= 4 is 15.9 Å². The summed E-state index contributed by atoms with van der Waals surface area (Å²) in [6, 6.07) is 0. The molecule has 3 N–H and O–H groups in total. The maximum atomic E-state index is 12.5. The zero-order valence-electron chi connectivity index (χ0n) is 13.3. The SMILES string of the molecule is CC(C)CC(CN)C(=O)N1CCCC(CNS(C)(=O)=O)C1. The molecule has 0 bridgehead atoms. The van der Waals surface area contributed by atoms with E-state index in [-0.39, 0.29) is 17.7 Å². The molecule has 0 aromatic rings. The summed E-state index contributed by atoms with van der Waals surface area (Å²) < 4.78 is 24.8. The van der Waals surface area contributed by atoms with Crippen molar-refractivity contribution in [1.29, 1.82) is 0 Å². The van der Waals surface area contributed by atoms with Crippen LogP contribution < -0.4 is 10.5 Å². The Hall–Kier alpha value is -0.660. The maximum absolute atomic E-state index is 12.5. The van der Waals surface area contributed by atoms with E-state index in [1.807, 2.05) is 4.90 Å². The highest BCUT2D eigenvalue weighted by atomic mass is 32.2. The molecule has 2 atom stereocenters. The Morgan fingerprint density at radius 2 is 2.10 bits per heavy atom. The molecule has 0 aromatic carbocycles. The standard InChI is InChI=1S/C14H29N3O3S/c1-11(2)7-13(8-15)14(18)17-6-4-5-12(10-17)9-16-21(3,19)20/h11-13,16H,4-10,15H2,1-3H3. The molecule has 1 fully saturated rings. The molecule has 0 aliphatic carbocycles. The van der Waals surface area contributed by atoms with Gasteiger partial charge in [-0.3, -0.25) is 4.79 Å². The molecule has 0 spiro atoms. The van der Waals surface area contributed by atoms with Gasteiger partial charge in [-0.25, -0.2) is 13.1 Å². The van der Waals surface area contributed by atoms with Gasteiger partial charge in [0, 0.05) is 26.2 Å². The number of nitrogens with two attached hydrogens (primary N) is 1. The molecular formula is C14H29N3O3S. The molecule has 1 rings (SSSR count). The molecule has 0 saturated carbocycles. The van der Waals surface area contributed by atoms with E-state index < -0.39 is 10.0 Å². The smallest absolute Gasteiger partial charge is 0.226 e. The van der Waals surface area contributed by atoms with Crippen LogP contribution in [0.2, 0.25) is 0 Å². The lowest BCUT2D eigenvalue weighted by Crippen LogP contribution is -2.47. The number of likely N-dealkylation sites (tertiary alicyclic amines) is 1. The van der Waals surface area contributed by atoms with Gasteiger partial charge in [0.15, 0.2) is 0 Å². The molecule has 6 nitrogen and oxygen atoms in total. The van der Waals surface area contributed by atoms with Crippen molar-refractivity contribution in [2.24, 2.45) is 23.5 Å². The van der Waals surface area contributed by atoms with Gasteiger partial charge in [-0.1, -0.05) is 13.8 Å². The molecule has 1 saturated heterocycles. The minimum atomic E-state index is -3.17. The van der Waals surface area contributed by atoms with Crippen LogP contribution in [0.3, 0.4) is 0 Å². The molecule has 1 aliphatic rings. The Morgan fingerprint density at radius 1 is 1.43 bits per heavy atom. The van der Waals surface area contributed by atoms with Crippen molar-refractivity contribution in [3.05, 3.63) is 0 Å². The summed E-state index contributed by atoms with van der Waals surface area (Å²) in [5, 5.41) is 0. The first kappa shape index (κ1) is 18.4. The number of carbonyl (C=O) groups excluding carboxylic acids is 1. The molecular weight excluding hydrogens is 290 g/mol. The molecule has 0 radical (unpaired) electrons. The van der Waals surface area contributed by atoms with Crippen molar-refractivity contribution in [2.75, 3.05) is 32.4 Å². The van der Waals surface area contributed by atoms with Crippen LogP contribution in [0.25, 0.3) is 0 Å². The number of nitrogens with one attached hydrogen (secondary N) is 1. The van der Waals surface area contributed by atoms with E-state index in [0.29, 0.717) is 25.6 Å². The van der Waals surface area contributed by atoms with Gasteiger partial charge in [0.05, 0.1) is 12.2 Å². The normalized spacial score (nSPS) is 21.6. The zero-order valence-corrected chi connectivity index (χ0v) is 14.2. The van der Waals surface area contributed by atoms with Gasteiger partial charge in [-0.15, -0.1) is 0 Å². The van der Waals surface area contributed by atoms with Crippen molar-refractivity contribution in [3.63, 3.8) is 0 Å². The first-order chi connectivity index (χ1) is 9.73. The van der Waals surface area contributed by atoms with Gasteiger partial charge >= 0.3 is 0 Å². The number of carbonyl (C=O) groups is 1. The number of nitrogens with zero attached hydrogens (tertiary/aromatic N) is 1. The Balaban J connectivity index is 2.56. The zero-order chi connectivity index (χ0) is 16.0. The third-order valence-electron chi connectivity index (χ3n) is 3.85. The van der Waals surface area contributed by atoms with Gasteiger partial charge in [0.2, 0.25) is 15.9 Å². The summed E-state index contributed by atoms with van der Waals surface area (Å²) in [6.07, 6.45) is 3.83. The van der Waals surface area contributed by atoms with Crippen molar-refractivity contribution < 1.29 is 13.2 Å². The first-order valence-corrected chi connectivity index (χ1v) is 9.55. The first-order valence-electron chi connectivity index (χ1n) is 7.66. The summed E-state index contributed by atoms with van der Waals surface area (Å²) >= 11 is 0. The van der Waals surface area contributed by atoms with Crippen molar-refractivity contribution in [1.82, 2.24) is 9.62 Å². The van der Waals surface area contributed by atoms with Crippen molar-refractivity contribution in [2.45, 2.75) is 33.1 Å². The molecule has 21 heavy (non-hydrogen) atoms. The number of sulfonamides is 1. The number of rotatable bonds is 7. The van der Waals surface area contributed by atoms with Crippen molar-refractivity contribution in [3.8, 4) is 0 Å². The van der Waals surface area contributed by atoms with Crippen LogP contribution >= 0.6 is 0 Å². The van der Waals surface area contributed by atoms with E-state index in [4.69, 9.17) is 5.73 Å². The summed E-state index contributed by atoms with van der Waals surface area (Å²) in [5.74, 6) is 0.631. The minimum absolute atomic E-state index is 0.119. The second-order valence-corrected chi connectivity index (χ2v) is 8.31. The van der Waals surface area contributed by atoms with Crippen LogP contribution in [-0.4, -0.2) is 51.7 Å². The third kappa shape index (κ3) is 6.76. The number of piperidine rings is 1. The average molecular weight is 319 g/mol. The van der Waals surface area contributed by atoms with E-state index in [0.717, 1.165) is 32.1 Å². The van der Waals surface area contributed by atoms with Crippen LogP contribution in [0.15, 0.2) is 0 Å². The highest BCUT2D eigenvalue weighted by molar-refractivity contribution is 7.88. The molecule has 124 valence electrons. The van der Waals surface area contributed by atoms with Crippen LogP contribution in [-0.2, 0) is 14.8 Å².